The Labute approximate surface area is 114 Å². The third-order valence-electron chi connectivity index (χ3n) is 3.43. The molecule has 1 aromatic rings. The van der Waals surface area contributed by atoms with Gasteiger partial charge < -0.3 is 14.8 Å². The number of hydrogen-bond acceptors (Lipinski definition) is 5. The quantitative estimate of drug-likeness (QED) is 0.811. The Bertz CT molecular complexity index is 381. The lowest BCUT2D eigenvalue weighted by Gasteiger charge is -2.20. The van der Waals surface area contributed by atoms with Crippen LogP contribution in [0.25, 0.3) is 0 Å². The van der Waals surface area contributed by atoms with Gasteiger partial charge in [-0.2, -0.15) is 0 Å². The van der Waals surface area contributed by atoms with Crippen molar-refractivity contribution in [2.45, 2.75) is 44.8 Å². The summed E-state index contributed by atoms with van der Waals surface area (Å²) in [5.41, 5.74) is 1.01. The second kappa shape index (κ2) is 7.40. The molecule has 5 heteroatoms. The smallest absolute Gasteiger partial charge is 0.216 e. The van der Waals surface area contributed by atoms with Gasteiger partial charge in [0.25, 0.3) is 0 Å². The monoisotopic (exact) mass is 265 g/mol. The van der Waals surface area contributed by atoms with E-state index in [1.165, 1.54) is 12.8 Å². The van der Waals surface area contributed by atoms with Gasteiger partial charge in [0.05, 0.1) is 13.2 Å². The molecule has 0 spiro atoms. The molecule has 0 bridgehead atoms. The number of nitrogens with one attached hydrogen (secondary N) is 1. The summed E-state index contributed by atoms with van der Waals surface area (Å²) in [7, 11) is 1.63. The van der Waals surface area contributed by atoms with Crippen molar-refractivity contribution in [2.75, 3.05) is 20.3 Å². The first-order chi connectivity index (χ1) is 9.31. The van der Waals surface area contributed by atoms with Crippen molar-refractivity contribution in [1.29, 1.82) is 0 Å². The highest BCUT2D eigenvalue weighted by molar-refractivity contribution is 5.14. The molecule has 1 aliphatic heterocycles. The maximum absolute atomic E-state index is 5.71. The molecule has 1 saturated heterocycles. The molecule has 1 N–H and O–H groups in total. The van der Waals surface area contributed by atoms with Crippen molar-refractivity contribution >= 4 is 0 Å². The van der Waals surface area contributed by atoms with E-state index in [1.54, 1.807) is 13.4 Å². The van der Waals surface area contributed by atoms with Crippen LogP contribution in [0.1, 0.15) is 31.9 Å². The molecule has 2 heterocycles. The van der Waals surface area contributed by atoms with E-state index in [2.05, 4.69) is 22.2 Å². The summed E-state index contributed by atoms with van der Waals surface area (Å²) in [5.74, 6) is 0.623. The molecule has 0 saturated carbocycles. The van der Waals surface area contributed by atoms with Gasteiger partial charge in [0.1, 0.15) is 6.33 Å². The summed E-state index contributed by atoms with van der Waals surface area (Å²) in [6.45, 7) is 3.99. The van der Waals surface area contributed by atoms with Crippen molar-refractivity contribution in [3.63, 3.8) is 0 Å². The zero-order chi connectivity index (χ0) is 13.5. The lowest BCUT2D eigenvalue weighted by molar-refractivity contribution is 0.0946. The summed E-state index contributed by atoms with van der Waals surface area (Å²) < 4.78 is 10.8. The largest absolute Gasteiger partial charge is 0.481 e. The molecule has 2 atom stereocenters. The standard InChI is InChI=1S/C14H23N3O2/c1-3-15-11(8-13-5-4-6-19-13)7-12-9-14(18-2)17-10-16-12/h9-11,13,15H,3-8H2,1-2H3. The SMILES string of the molecule is CCNC(Cc1cc(OC)ncn1)CC1CCCO1. The Morgan fingerprint density at radius 1 is 1.53 bits per heavy atom. The van der Waals surface area contributed by atoms with Crippen molar-refractivity contribution in [3.05, 3.63) is 18.1 Å². The fraction of sp³-hybridized carbons (Fsp3) is 0.714. The van der Waals surface area contributed by atoms with Crippen LogP contribution < -0.4 is 10.1 Å². The Kier molecular flexibility index (Phi) is 5.54. The average molecular weight is 265 g/mol. The lowest BCUT2D eigenvalue weighted by Crippen LogP contribution is -2.34. The van der Waals surface area contributed by atoms with Gasteiger partial charge in [-0.1, -0.05) is 6.92 Å². The number of nitrogens with zero attached hydrogens (tertiary/aromatic N) is 2. The van der Waals surface area contributed by atoms with Crippen molar-refractivity contribution < 1.29 is 9.47 Å². The minimum atomic E-state index is 0.396. The molecule has 2 unspecified atom stereocenters. The maximum atomic E-state index is 5.71. The molecule has 1 fully saturated rings. The molecule has 19 heavy (non-hydrogen) atoms. The van der Waals surface area contributed by atoms with Gasteiger partial charge in [0.15, 0.2) is 0 Å². The van der Waals surface area contributed by atoms with Crippen LogP contribution in [0.5, 0.6) is 5.88 Å². The topological polar surface area (TPSA) is 56.3 Å². The lowest BCUT2D eigenvalue weighted by atomic mass is 10.0. The number of aromatic nitrogens is 2. The first-order valence-corrected chi connectivity index (χ1v) is 7.01. The summed E-state index contributed by atoms with van der Waals surface area (Å²) in [6, 6.07) is 2.30. The zero-order valence-corrected chi connectivity index (χ0v) is 11.8. The van der Waals surface area contributed by atoms with Crippen LogP contribution in [0, 0.1) is 0 Å². The Morgan fingerprint density at radius 3 is 3.11 bits per heavy atom. The third-order valence-corrected chi connectivity index (χ3v) is 3.43. The molecule has 0 radical (unpaired) electrons. The molecule has 1 aliphatic rings. The van der Waals surface area contributed by atoms with Crippen LogP contribution in [0.3, 0.4) is 0 Å². The van der Waals surface area contributed by atoms with E-state index in [1.807, 2.05) is 6.07 Å². The van der Waals surface area contributed by atoms with Crippen LogP contribution >= 0.6 is 0 Å². The minimum Gasteiger partial charge on any atom is -0.481 e. The van der Waals surface area contributed by atoms with Crippen LogP contribution in [0.15, 0.2) is 12.4 Å². The number of methoxy groups -OCH3 is 1. The van der Waals surface area contributed by atoms with E-state index in [9.17, 15) is 0 Å². The third kappa shape index (κ3) is 4.44. The van der Waals surface area contributed by atoms with Gasteiger partial charge in [-0.3, -0.25) is 0 Å². The Hall–Kier alpha value is -1.20. The van der Waals surface area contributed by atoms with Crippen LogP contribution in [0.4, 0.5) is 0 Å². The Morgan fingerprint density at radius 2 is 2.42 bits per heavy atom. The first kappa shape index (κ1) is 14.2. The van der Waals surface area contributed by atoms with E-state index in [0.29, 0.717) is 18.0 Å². The molecular formula is C14H23N3O2. The van der Waals surface area contributed by atoms with Gasteiger partial charge in [0, 0.05) is 30.8 Å². The summed E-state index contributed by atoms with van der Waals surface area (Å²) in [5, 5.41) is 3.51. The van der Waals surface area contributed by atoms with Gasteiger partial charge in [0.2, 0.25) is 5.88 Å². The fourth-order valence-corrected chi connectivity index (χ4v) is 2.53. The second-order valence-electron chi connectivity index (χ2n) is 4.88. The second-order valence-corrected chi connectivity index (χ2v) is 4.88. The average Bonchev–Trinajstić information content (AvgIpc) is 2.92. The molecular weight excluding hydrogens is 242 g/mol. The molecule has 0 aliphatic carbocycles. The number of ether oxygens (including phenoxy) is 2. The minimum absolute atomic E-state index is 0.396. The Balaban J connectivity index is 1.94. The highest BCUT2D eigenvalue weighted by atomic mass is 16.5. The van der Waals surface area contributed by atoms with Gasteiger partial charge >= 0.3 is 0 Å². The van der Waals surface area contributed by atoms with Crippen molar-refractivity contribution in [2.24, 2.45) is 0 Å². The summed E-state index contributed by atoms with van der Waals surface area (Å²) in [6.07, 6.45) is 6.24. The van der Waals surface area contributed by atoms with E-state index < -0.39 is 0 Å². The van der Waals surface area contributed by atoms with Crippen LogP contribution in [-0.2, 0) is 11.2 Å². The molecule has 106 valence electrons. The normalized spacial score (nSPS) is 20.4. The van der Waals surface area contributed by atoms with Crippen molar-refractivity contribution in [1.82, 2.24) is 15.3 Å². The van der Waals surface area contributed by atoms with Crippen molar-refractivity contribution in [3.8, 4) is 5.88 Å². The van der Waals surface area contributed by atoms with E-state index >= 15 is 0 Å². The van der Waals surface area contributed by atoms with Gasteiger partial charge in [-0.25, -0.2) is 9.97 Å². The maximum Gasteiger partial charge on any atom is 0.216 e. The van der Waals surface area contributed by atoms with E-state index in [4.69, 9.17) is 9.47 Å². The predicted octanol–water partition coefficient (Wildman–Crippen LogP) is 1.57. The first-order valence-electron chi connectivity index (χ1n) is 7.01. The zero-order valence-electron chi connectivity index (χ0n) is 11.8. The van der Waals surface area contributed by atoms with Crippen LogP contribution in [0.2, 0.25) is 0 Å². The van der Waals surface area contributed by atoms with E-state index in [-0.39, 0.29) is 0 Å². The highest BCUT2D eigenvalue weighted by Crippen LogP contribution is 2.19. The number of hydrogen-bond donors (Lipinski definition) is 1. The van der Waals surface area contributed by atoms with Crippen LogP contribution in [-0.4, -0.2) is 42.4 Å². The van der Waals surface area contributed by atoms with E-state index in [0.717, 1.165) is 31.7 Å². The number of likely N-dealkylation sites (N-methyl/N-ethyl adjacent to an activating group) is 1. The highest BCUT2D eigenvalue weighted by Gasteiger charge is 2.21. The van der Waals surface area contributed by atoms with Gasteiger partial charge in [-0.15, -0.1) is 0 Å². The summed E-state index contributed by atoms with van der Waals surface area (Å²) >= 11 is 0. The fourth-order valence-electron chi connectivity index (χ4n) is 2.53. The van der Waals surface area contributed by atoms with Gasteiger partial charge in [-0.05, 0) is 25.8 Å². The molecule has 0 amide bonds. The number of rotatable bonds is 7. The molecule has 2 rings (SSSR count). The molecule has 5 nitrogen and oxygen atoms in total. The predicted molar refractivity (Wildman–Crippen MR) is 73.3 cm³/mol. The molecule has 0 aromatic carbocycles. The molecule has 1 aromatic heterocycles. The summed E-state index contributed by atoms with van der Waals surface area (Å²) in [4.78, 5) is 8.35.